The Morgan fingerprint density at radius 3 is 2.31 bits per heavy atom. The summed E-state index contributed by atoms with van der Waals surface area (Å²) in [4.78, 5) is 33.4. The Morgan fingerprint density at radius 2 is 1.73 bits per heavy atom. The van der Waals surface area contributed by atoms with E-state index in [1.165, 1.54) is 6.07 Å². The van der Waals surface area contributed by atoms with Gasteiger partial charge in [0.25, 0.3) is 5.91 Å². The van der Waals surface area contributed by atoms with E-state index in [1.54, 1.807) is 0 Å². The smallest absolute Gasteiger partial charge is 0.305 e. The van der Waals surface area contributed by atoms with Crippen LogP contribution in [0.25, 0.3) is 0 Å². The number of primary amides is 1. The maximum atomic E-state index is 13.3. The molecule has 2 aromatic carbocycles. The molecule has 0 spiro atoms. The van der Waals surface area contributed by atoms with Gasteiger partial charge in [-0.3, -0.25) is 19.7 Å². The Labute approximate surface area is 144 Å². The first kappa shape index (κ1) is 18.9. The minimum absolute atomic E-state index is 0.174. The first-order valence-electron chi connectivity index (χ1n) is 7.17. The molecule has 0 aliphatic rings. The highest BCUT2D eigenvalue weighted by Crippen LogP contribution is 2.19. The van der Waals surface area contributed by atoms with Gasteiger partial charge in [-0.05, 0) is 29.8 Å². The molecule has 2 rings (SSSR count). The summed E-state index contributed by atoms with van der Waals surface area (Å²) in [5.41, 5.74) is 4.33. The van der Waals surface area contributed by atoms with Crippen LogP contribution in [0.1, 0.15) is 15.9 Å². The van der Waals surface area contributed by atoms with Crippen molar-refractivity contribution >= 4 is 17.5 Å². The molecule has 10 heteroatoms. The summed E-state index contributed by atoms with van der Waals surface area (Å²) in [5.74, 6) is -5.31. The molecule has 2 amide bonds. The highest BCUT2D eigenvalue weighted by Gasteiger charge is 2.22. The Kier molecular flexibility index (Phi) is 5.55. The van der Waals surface area contributed by atoms with Gasteiger partial charge in [-0.1, -0.05) is 6.07 Å². The summed E-state index contributed by atoms with van der Waals surface area (Å²) in [7, 11) is 0. The predicted molar refractivity (Wildman–Crippen MR) is 83.6 cm³/mol. The van der Waals surface area contributed by atoms with Crippen LogP contribution in [0.5, 0.6) is 0 Å². The van der Waals surface area contributed by atoms with Crippen molar-refractivity contribution in [2.45, 2.75) is 12.5 Å². The number of halogens is 3. The Bertz CT molecular complexity index is 889. The van der Waals surface area contributed by atoms with Crippen LogP contribution in [0.2, 0.25) is 0 Å². The van der Waals surface area contributed by atoms with Crippen molar-refractivity contribution < 1.29 is 27.7 Å². The van der Waals surface area contributed by atoms with E-state index < -0.39 is 45.9 Å². The molecular weight excluding hydrogens is 355 g/mol. The first-order valence-corrected chi connectivity index (χ1v) is 7.17. The number of carbonyl (C=O) groups excluding carboxylic acids is 2. The number of nitro benzene ring substituents is 1. The average molecular weight is 367 g/mol. The molecule has 0 aliphatic carbocycles. The monoisotopic (exact) mass is 367 g/mol. The number of nitrogens with zero attached hydrogens (tertiary/aromatic N) is 1. The summed E-state index contributed by atoms with van der Waals surface area (Å²) in [6, 6.07) is 4.05. The van der Waals surface area contributed by atoms with Crippen LogP contribution in [0.15, 0.2) is 36.4 Å². The van der Waals surface area contributed by atoms with Gasteiger partial charge in [-0.25, -0.2) is 8.78 Å². The van der Waals surface area contributed by atoms with Gasteiger partial charge >= 0.3 is 5.69 Å². The minimum Gasteiger partial charge on any atom is -0.368 e. The molecule has 0 fully saturated rings. The number of nitro groups is 1. The summed E-state index contributed by atoms with van der Waals surface area (Å²) in [6.07, 6.45) is -0.258. The fraction of sp³-hybridized carbons (Fsp3) is 0.125. The Hall–Kier alpha value is -3.43. The third-order valence-electron chi connectivity index (χ3n) is 3.48. The van der Waals surface area contributed by atoms with Crippen molar-refractivity contribution in [3.05, 3.63) is 75.1 Å². The normalized spacial score (nSPS) is 11.7. The van der Waals surface area contributed by atoms with Crippen molar-refractivity contribution in [3.63, 3.8) is 0 Å². The van der Waals surface area contributed by atoms with Gasteiger partial charge in [0.1, 0.15) is 6.04 Å². The van der Waals surface area contributed by atoms with E-state index >= 15 is 0 Å². The molecule has 2 aromatic rings. The van der Waals surface area contributed by atoms with E-state index in [0.29, 0.717) is 6.07 Å². The third kappa shape index (κ3) is 4.35. The molecule has 26 heavy (non-hydrogen) atoms. The van der Waals surface area contributed by atoms with Crippen LogP contribution in [-0.2, 0) is 11.2 Å². The molecule has 0 heterocycles. The van der Waals surface area contributed by atoms with Gasteiger partial charge in [0.05, 0.1) is 4.92 Å². The number of nitrogens with one attached hydrogen (secondary N) is 1. The molecular formula is C16H12F3N3O4. The van der Waals surface area contributed by atoms with Crippen molar-refractivity contribution in [2.75, 3.05) is 0 Å². The minimum atomic E-state index is -1.30. The average Bonchev–Trinajstić information content (AvgIpc) is 2.57. The lowest BCUT2D eigenvalue weighted by atomic mass is 10.0. The number of nitrogens with two attached hydrogens (primary N) is 1. The molecule has 7 nitrogen and oxygen atoms in total. The van der Waals surface area contributed by atoms with E-state index in [2.05, 4.69) is 5.32 Å². The second kappa shape index (κ2) is 7.64. The molecule has 0 bridgehead atoms. The second-order valence-corrected chi connectivity index (χ2v) is 5.30. The number of carbonyl (C=O) groups is 2. The fourth-order valence-electron chi connectivity index (χ4n) is 2.16. The molecule has 0 radical (unpaired) electrons. The highest BCUT2D eigenvalue weighted by molar-refractivity contribution is 5.97. The lowest BCUT2D eigenvalue weighted by molar-refractivity contribution is -0.387. The number of amides is 2. The van der Waals surface area contributed by atoms with Crippen LogP contribution in [-0.4, -0.2) is 22.8 Å². The van der Waals surface area contributed by atoms with Crippen LogP contribution in [0.4, 0.5) is 18.9 Å². The van der Waals surface area contributed by atoms with E-state index in [-0.39, 0.29) is 17.5 Å². The number of benzene rings is 2. The third-order valence-corrected chi connectivity index (χ3v) is 3.48. The lowest BCUT2D eigenvalue weighted by Crippen LogP contribution is -2.45. The second-order valence-electron chi connectivity index (χ2n) is 5.30. The summed E-state index contributed by atoms with van der Waals surface area (Å²) >= 11 is 0. The zero-order chi connectivity index (χ0) is 19.4. The molecule has 3 N–H and O–H groups in total. The molecule has 1 atom stereocenters. The molecule has 0 aromatic heterocycles. The first-order chi connectivity index (χ1) is 12.2. The quantitative estimate of drug-likeness (QED) is 0.599. The van der Waals surface area contributed by atoms with Gasteiger partial charge in [-0.2, -0.15) is 4.39 Å². The number of hydrogen-bond acceptors (Lipinski definition) is 4. The van der Waals surface area contributed by atoms with Crippen LogP contribution >= 0.6 is 0 Å². The van der Waals surface area contributed by atoms with Crippen molar-refractivity contribution in [1.29, 1.82) is 0 Å². The van der Waals surface area contributed by atoms with Gasteiger partial charge in [0, 0.05) is 18.1 Å². The molecule has 0 saturated heterocycles. The molecule has 0 unspecified atom stereocenters. The molecule has 0 saturated carbocycles. The van der Waals surface area contributed by atoms with Gasteiger partial charge in [-0.15, -0.1) is 0 Å². The SMILES string of the molecule is NC(=O)[C@H](Cc1ccc(F)c([N+](=O)[O-])c1)NC(=O)c1ccc(F)c(F)c1. The van der Waals surface area contributed by atoms with Crippen molar-refractivity contribution in [1.82, 2.24) is 5.32 Å². The predicted octanol–water partition coefficient (Wildman–Crippen LogP) is 1.84. The standard InChI is InChI=1S/C16H12F3N3O4/c17-10-4-2-9(7-12(10)19)16(24)21-13(15(20)23)5-8-1-3-11(18)14(6-8)22(25)26/h1-4,6-7,13H,5H2,(H2,20,23)(H,21,24)/t13-/m0/s1. The number of hydrogen-bond donors (Lipinski definition) is 2. The maximum absolute atomic E-state index is 13.3. The van der Waals surface area contributed by atoms with E-state index in [9.17, 15) is 32.9 Å². The lowest BCUT2D eigenvalue weighted by Gasteiger charge is -2.16. The van der Waals surface area contributed by atoms with Crippen LogP contribution in [0, 0.1) is 27.6 Å². The Morgan fingerprint density at radius 1 is 1.08 bits per heavy atom. The zero-order valence-corrected chi connectivity index (χ0v) is 13.0. The van der Waals surface area contributed by atoms with Gasteiger partial charge < -0.3 is 11.1 Å². The number of rotatable bonds is 6. The van der Waals surface area contributed by atoms with Gasteiger partial charge in [0.2, 0.25) is 11.7 Å². The maximum Gasteiger partial charge on any atom is 0.305 e. The van der Waals surface area contributed by atoms with Crippen molar-refractivity contribution in [2.24, 2.45) is 5.73 Å². The van der Waals surface area contributed by atoms with E-state index in [1.807, 2.05) is 0 Å². The summed E-state index contributed by atoms with van der Waals surface area (Å²) in [5, 5.41) is 13.0. The molecule has 136 valence electrons. The van der Waals surface area contributed by atoms with Crippen LogP contribution < -0.4 is 11.1 Å². The zero-order valence-electron chi connectivity index (χ0n) is 13.0. The van der Waals surface area contributed by atoms with Gasteiger partial charge in [0.15, 0.2) is 11.6 Å². The largest absolute Gasteiger partial charge is 0.368 e. The van der Waals surface area contributed by atoms with E-state index in [0.717, 1.165) is 24.3 Å². The Balaban J connectivity index is 2.20. The van der Waals surface area contributed by atoms with E-state index in [4.69, 9.17) is 5.73 Å². The van der Waals surface area contributed by atoms with Crippen LogP contribution in [0.3, 0.4) is 0 Å². The topological polar surface area (TPSA) is 115 Å². The summed E-state index contributed by atoms with van der Waals surface area (Å²) < 4.78 is 39.5. The molecule has 0 aliphatic heterocycles. The summed E-state index contributed by atoms with van der Waals surface area (Å²) in [6.45, 7) is 0. The van der Waals surface area contributed by atoms with Crippen molar-refractivity contribution in [3.8, 4) is 0 Å². The highest BCUT2D eigenvalue weighted by atomic mass is 19.2. The fourth-order valence-corrected chi connectivity index (χ4v) is 2.16.